The van der Waals surface area contributed by atoms with Crippen molar-refractivity contribution in [2.45, 2.75) is 5.75 Å². The highest BCUT2D eigenvalue weighted by atomic mass is 32.1. The number of imidazole rings is 1. The number of aromatic nitrogens is 3. The van der Waals surface area contributed by atoms with E-state index < -0.39 is 0 Å². The van der Waals surface area contributed by atoms with Crippen molar-refractivity contribution in [1.29, 1.82) is 0 Å². The first kappa shape index (κ1) is 16.5. The Morgan fingerprint density at radius 2 is 1.46 bits per heavy atom. The second kappa shape index (κ2) is 7.14. The molecule has 0 saturated carbocycles. The van der Waals surface area contributed by atoms with E-state index in [1.54, 1.807) is 24.5 Å². The van der Waals surface area contributed by atoms with Crippen molar-refractivity contribution in [3.8, 4) is 33.9 Å². The normalized spacial score (nSPS) is 10.8. The number of hydrogen-bond acceptors (Lipinski definition) is 3. The average molecular weight is 361 g/mol. The summed E-state index contributed by atoms with van der Waals surface area (Å²) in [4.78, 5) is 12.3. The predicted molar refractivity (Wildman–Crippen MR) is 105 cm³/mol. The molecule has 2 heterocycles. The van der Waals surface area contributed by atoms with Gasteiger partial charge < -0.3 is 4.98 Å². The Morgan fingerprint density at radius 3 is 2.12 bits per heavy atom. The molecule has 0 radical (unpaired) electrons. The highest BCUT2D eigenvalue weighted by Crippen LogP contribution is 2.33. The lowest BCUT2D eigenvalue weighted by Gasteiger charge is -2.04. The Hall–Kier alpha value is -2.92. The summed E-state index contributed by atoms with van der Waals surface area (Å²) in [6.07, 6.45) is 3.50. The fraction of sp³-hybridized carbons (Fsp3) is 0.0476. The van der Waals surface area contributed by atoms with Crippen molar-refractivity contribution < 1.29 is 4.39 Å². The molecule has 0 aliphatic heterocycles. The molecule has 0 atom stereocenters. The molecule has 0 amide bonds. The Kier molecular flexibility index (Phi) is 4.54. The third-order valence-corrected chi connectivity index (χ3v) is 4.57. The van der Waals surface area contributed by atoms with Gasteiger partial charge in [-0.15, -0.1) is 0 Å². The van der Waals surface area contributed by atoms with Gasteiger partial charge in [-0.3, -0.25) is 4.98 Å². The molecule has 0 spiro atoms. The highest BCUT2D eigenvalue weighted by molar-refractivity contribution is 7.79. The van der Waals surface area contributed by atoms with Gasteiger partial charge in [0.1, 0.15) is 11.6 Å². The van der Waals surface area contributed by atoms with Gasteiger partial charge in [0, 0.05) is 34.8 Å². The maximum absolute atomic E-state index is 13.2. The van der Waals surface area contributed by atoms with Crippen molar-refractivity contribution >= 4 is 12.6 Å². The van der Waals surface area contributed by atoms with Crippen LogP contribution in [0.15, 0.2) is 73.1 Å². The SMILES string of the molecule is Fc1ccc(-c2nc(-c3ccc(CS)cc3)c(-c3ccncc3)[nH]2)cc1. The van der Waals surface area contributed by atoms with Gasteiger partial charge in [-0.2, -0.15) is 12.6 Å². The van der Waals surface area contributed by atoms with Gasteiger partial charge in [0.2, 0.25) is 0 Å². The maximum Gasteiger partial charge on any atom is 0.138 e. The highest BCUT2D eigenvalue weighted by Gasteiger charge is 2.15. The zero-order chi connectivity index (χ0) is 17.9. The minimum Gasteiger partial charge on any atom is -0.337 e. The lowest BCUT2D eigenvalue weighted by Crippen LogP contribution is -1.85. The second-order valence-electron chi connectivity index (χ2n) is 5.91. The minimum atomic E-state index is -0.266. The van der Waals surface area contributed by atoms with Gasteiger partial charge in [0.15, 0.2) is 0 Å². The first-order valence-electron chi connectivity index (χ1n) is 8.21. The number of aromatic amines is 1. The van der Waals surface area contributed by atoms with Crippen LogP contribution in [0, 0.1) is 5.82 Å². The van der Waals surface area contributed by atoms with E-state index in [9.17, 15) is 4.39 Å². The molecule has 26 heavy (non-hydrogen) atoms. The summed E-state index contributed by atoms with van der Waals surface area (Å²) in [5, 5.41) is 0. The molecule has 0 fully saturated rings. The van der Waals surface area contributed by atoms with Crippen LogP contribution in [-0.2, 0) is 5.75 Å². The first-order chi connectivity index (χ1) is 12.7. The van der Waals surface area contributed by atoms with Gasteiger partial charge >= 0.3 is 0 Å². The Balaban J connectivity index is 1.86. The summed E-state index contributed by atoms with van der Waals surface area (Å²) in [6, 6.07) is 18.4. The van der Waals surface area contributed by atoms with Crippen LogP contribution in [-0.4, -0.2) is 15.0 Å². The Labute approximate surface area is 156 Å². The van der Waals surface area contributed by atoms with Crippen LogP contribution in [0.3, 0.4) is 0 Å². The van der Waals surface area contributed by atoms with Gasteiger partial charge in [-0.05, 0) is 42.0 Å². The molecule has 0 bridgehead atoms. The standard InChI is InChI=1S/C21H16FN3S/c22-18-7-5-17(6-8-18)21-24-19(15-3-1-14(13-26)2-4-15)20(25-21)16-9-11-23-12-10-16/h1-12,26H,13H2,(H,24,25). The molecule has 0 unspecified atom stereocenters. The van der Waals surface area contributed by atoms with Crippen molar-refractivity contribution in [2.75, 3.05) is 0 Å². The quantitative estimate of drug-likeness (QED) is 0.480. The molecule has 3 nitrogen and oxygen atoms in total. The first-order valence-corrected chi connectivity index (χ1v) is 8.84. The maximum atomic E-state index is 13.2. The molecular weight excluding hydrogens is 345 g/mol. The minimum absolute atomic E-state index is 0.266. The zero-order valence-corrected chi connectivity index (χ0v) is 14.7. The number of benzene rings is 2. The van der Waals surface area contributed by atoms with E-state index in [-0.39, 0.29) is 5.82 Å². The molecule has 5 heteroatoms. The molecular formula is C21H16FN3S. The van der Waals surface area contributed by atoms with Gasteiger partial charge in [-0.1, -0.05) is 24.3 Å². The molecule has 0 saturated heterocycles. The molecule has 1 N–H and O–H groups in total. The lowest BCUT2D eigenvalue weighted by molar-refractivity contribution is 0.628. The fourth-order valence-corrected chi connectivity index (χ4v) is 3.03. The lowest BCUT2D eigenvalue weighted by atomic mass is 10.0. The molecule has 0 aliphatic rings. The summed E-state index contributed by atoms with van der Waals surface area (Å²) < 4.78 is 13.2. The number of halogens is 1. The van der Waals surface area contributed by atoms with Crippen LogP contribution in [0.2, 0.25) is 0 Å². The predicted octanol–water partition coefficient (Wildman–Crippen LogP) is 5.37. The number of rotatable bonds is 4. The molecule has 4 rings (SSSR count). The molecule has 2 aromatic heterocycles. The largest absolute Gasteiger partial charge is 0.337 e. The average Bonchev–Trinajstić information content (AvgIpc) is 3.15. The van der Waals surface area contributed by atoms with Gasteiger partial charge in [0.25, 0.3) is 0 Å². The van der Waals surface area contributed by atoms with E-state index in [0.29, 0.717) is 11.6 Å². The summed E-state index contributed by atoms with van der Waals surface area (Å²) in [7, 11) is 0. The number of H-pyrrole nitrogens is 1. The molecule has 2 aromatic carbocycles. The van der Waals surface area contributed by atoms with Crippen LogP contribution < -0.4 is 0 Å². The van der Waals surface area contributed by atoms with Crippen molar-refractivity contribution in [2.24, 2.45) is 0 Å². The third-order valence-electron chi connectivity index (χ3n) is 4.20. The Bertz CT molecular complexity index is 1010. The third kappa shape index (κ3) is 3.26. The molecule has 128 valence electrons. The van der Waals surface area contributed by atoms with Crippen molar-refractivity contribution in [3.63, 3.8) is 0 Å². The van der Waals surface area contributed by atoms with Crippen LogP contribution in [0.25, 0.3) is 33.9 Å². The van der Waals surface area contributed by atoms with E-state index in [1.807, 2.05) is 36.4 Å². The topological polar surface area (TPSA) is 41.6 Å². The van der Waals surface area contributed by atoms with Gasteiger partial charge in [-0.25, -0.2) is 9.37 Å². The van der Waals surface area contributed by atoms with Crippen molar-refractivity contribution in [3.05, 3.63) is 84.4 Å². The number of pyridine rings is 1. The number of thiol groups is 1. The van der Waals surface area contributed by atoms with E-state index in [4.69, 9.17) is 4.98 Å². The fourth-order valence-electron chi connectivity index (χ4n) is 2.82. The van der Waals surface area contributed by atoms with E-state index in [1.165, 1.54) is 12.1 Å². The van der Waals surface area contributed by atoms with E-state index >= 15 is 0 Å². The van der Waals surface area contributed by atoms with E-state index in [2.05, 4.69) is 22.6 Å². The summed E-state index contributed by atoms with van der Waals surface area (Å²) in [6.45, 7) is 0. The number of hydrogen-bond donors (Lipinski definition) is 2. The van der Waals surface area contributed by atoms with Crippen LogP contribution >= 0.6 is 12.6 Å². The molecule has 0 aliphatic carbocycles. The Morgan fingerprint density at radius 1 is 0.808 bits per heavy atom. The van der Waals surface area contributed by atoms with Crippen LogP contribution in [0.1, 0.15) is 5.56 Å². The number of nitrogens with one attached hydrogen (secondary N) is 1. The van der Waals surface area contributed by atoms with Gasteiger partial charge in [0.05, 0.1) is 11.4 Å². The summed E-state index contributed by atoms with van der Waals surface area (Å²) in [5.41, 5.74) is 5.74. The summed E-state index contributed by atoms with van der Waals surface area (Å²) >= 11 is 4.31. The second-order valence-corrected chi connectivity index (χ2v) is 6.22. The monoisotopic (exact) mass is 361 g/mol. The number of nitrogens with zero attached hydrogens (tertiary/aromatic N) is 2. The van der Waals surface area contributed by atoms with Crippen LogP contribution in [0.5, 0.6) is 0 Å². The summed E-state index contributed by atoms with van der Waals surface area (Å²) in [5.74, 6) is 1.13. The van der Waals surface area contributed by atoms with Crippen molar-refractivity contribution in [1.82, 2.24) is 15.0 Å². The molecule has 4 aromatic rings. The van der Waals surface area contributed by atoms with Crippen LogP contribution in [0.4, 0.5) is 4.39 Å². The smallest absolute Gasteiger partial charge is 0.138 e. The zero-order valence-electron chi connectivity index (χ0n) is 13.9. The van der Waals surface area contributed by atoms with E-state index in [0.717, 1.165) is 33.6 Å².